The van der Waals surface area contributed by atoms with Crippen LogP contribution in [0.2, 0.25) is 0 Å². The summed E-state index contributed by atoms with van der Waals surface area (Å²) >= 11 is 3.14. The van der Waals surface area contributed by atoms with Crippen molar-refractivity contribution >= 4 is 41.1 Å². The molecule has 0 bridgehead atoms. The molecule has 2 aromatic rings. The van der Waals surface area contributed by atoms with Crippen LogP contribution >= 0.6 is 23.5 Å². The molecule has 0 heterocycles. The number of rotatable bonds is 8. The van der Waals surface area contributed by atoms with Gasteiger partial charge >= 0.3 is 5.97 Å². The zero-order valence-corrected chi connectivity index (χ0v) is 15.9. The molecule has 0 saturated heterocycles. The van der Waals surface area contributed by atoms with Crippen LogP contribution in [0.5, 0.6) is 0 Å². The second kappa shape index (κ2) is 10.2. The van der Waals surface area contributed by atoms with Gasteiger partial charge in [0, 0.05) is 15.5 Å². The highest BCUT2D eigenvalue weighted by Gasteiger charge is 2.10. The summed E-state index contributed by atoms with van der Waals surface area (Å²) in [5.41, 5.74) is 1.93. The number of nitrogens with one attached hydrogen (secondary N) is 1. The molecule has 0 fully saturated rings. The van der Waals surface area contributed by atoms with Crippen LogP contribution in [0.15, 0.2) is 58.3 Å². The molecular formula is C19H21NO3S2. The van der Waals surface area contributed by atoms with Crippen molar-refractivity contribution in [3.8, 4) is 0 Å². The summed E-state index contributed by atoms with van der Waals surface area (Å²) in [6.07, 6.45) is 2.21. The van der Waals surface area contributed by atoms with E-state index in [-0.39, 0.29) is 24.9 Å². The first-order chi connectivity index (χ1) is 12.1. The summed E-state index contributed by atoms with van der Waals surface area (Å²) in [5.74, 6) is -0.0762. The number of carbonyl (C=O) groups excluding carboxylic acids is 2. The predicted octanol–water partition coefficient (Wildman–Crippen LogP) is 4.38. The molecule has 1 N–H and O–H groups in total. The van der Waals surface area contributed by atoms with Crippen LogP contribution < -0.4 is 5.32 Å². The van der Waals surface area contributed by atoms with Gasteiger partial charge < -0.3 is 10.1 Å². The van der Waals surface area contributed by atoms with E-state index < -0.39 is 0 Å². The van der Waals surface area contributed by atoms with Crippen molar-refractivity contribution in [2.45, 2.75) is 23.1 Å². The number of ether oxygens (including phenoxy) is 1. The Hall–Kier alpha value is -1.92. The lowest BCUT2D eigenvalue weighted by Gasteiger charge is -2.09. The van der Waals surface area contributed by atoms with Crippen LogP contribution in [-0.2, 0) is 14.3 Å². The Morgan fingerprint density at radius 2 is 1.80 bits per heavy atom. The summed E-state index contributed by atoms with van der Waals surface area (Å²) in [5, 5.41) is 2.76. The summed E-state index contributed by atoms with van der Waals surface area (Å²) in [4.78, 5) is 25.7. The van der Waals surface area contributed by atoms with Crippen LogP contribution in [0.1, 0.15) is 12.0 Å². The summed E-state index contributed by atoms with van der Waals surface area (Å²) < 4.78 is 5.04. The molecule has 2 aromatic carbocycles. The third-order valence-corrected chi connectivity index (χ3v) is 5.15. The Balaban J connectivity index is 1.68. The van der Waals surface area contributed by atoms with E-state index in [4.69, 9.17) is 4.74 Å². The molecule has 0 unspecified atom stereocenters. The van der Waals surface area contributed by atoms with Crippen LogP contribution in [0.4, 0.5) is 5.69 Å². The van der Waals surface area contributed by atoms with Crippen LogP contribution in [0, 0.1) is 6.92 Å². The van der Waals surface area contributed by atoms with Gasteiger partial charge in [-0.2, -0.15) is 0 Å². The van der Waals surface area contributed by atoms with E-state index in [0.29, 0.717) is 5.75 Å². The number of para-hydroxylation sites is 1. The highest BCUT2D eigenvalue weighted by Crippen LogP contribution is 2.24. The molecule has 25 heavy (non-hydrogen) atoms. The first kappa shape index (κ1) is 19.4. The average Bonchev–Trinajstić information content (AvgIpc) is 2.62. The molecular weight excluding hydrogens is 354 g/mol. The Labute approximate surface area is 156 Å². The minimum atomic E-state index is -0.368. The van der Waals surface area contributed by atoms with Crippen LogP contribution in [-0.4, -0.2) is 30.5 Å². The summed E-state index contributed by atoms with van der Waals surface area (Å²) in [7, 11) is 0. The van der Waals surface area contributed by atoms with E-state index in [1.54, 1.807) is 23.5 Å². The van der Waals surface area contributed by atoms with Gasteiger partial charge in [-0.05, 0) is 37.4 Å². The van der Waals surface area contributed by atoms with Crippen molar-refractivity contribution in [1.82, 2.24) is 0 Å². The standard InChI is InChI=1S/C19H21NO3S2/c1-14-7-9-15(10-8-14)25-12-11-19(22)23-13-18(21)20-16-5-3-4-6-17(16)24-2/h3-10H,11-13H2,1-2H3,(H,20,21). The smallest absolute Gasteiger partial charge is 0.307 e. The fraction of sp³-hybridized carbons (Fsp3) is 0.263. The quantitative estimate of drug-likeness (QED) is 0.548. The summed E-state index contributed by atoms with van der Waals surface area (Å²) in [6.45, 7) is 1.77. The first-order valence-electron chi connectivity index (χ1n) is 7.86. The maximum Gasteiger partial charge on any atom is 0.307 e. The Morgan fingerprint density at radius 3 is 2.52 bits per heavy atom. The zero-order valence-electron chi connectivity index (χ0n) is 14.3. The van der Waals surface area contributed by atoms with Gasteiger partial charge in [-0.25, -0.2) is 0 Å². The molecule has 0 aliphatic carbocycles. The second-order valence-electron chi connectivity index (χ2n) is 5.32. The topological polar surface area (TPSA) is 55.4 Å². The molecule has 6 heteroatoms. The fourth-order valence-corrected chi connectivity index (χ4v) is 3.43. The first-order valence-corrected chi connectivity index (χ1v) is 10.1. The van der Waals surface area contributed by atoms with Crippen molar-refractivity contribution < 1.29 is 14.3 Å². The van der Waals surface area contributed by atoms with Gasteiger partial charge in [0.1, 0.15) is 0 Å². The lowest BCUT2D eigenvalue weighted by Crippen LogP contribution is -2.21. The normalized spacial score (nSPS) is 10.3. The van der Waals surface area contributed by atoms with Gasteiger partial charge in [-0.1, -0.05) is 29.8 Å². The molecule has 132 valence electrons. The number of aryl methyl sites for hydroxylation is 1. The molecule has 4 nitrogen and oxygen atoms in total. The highest BCUT2D eigenvalue weighted by molar-refractivity contribution is 7.99. The maximum atomic E-state index is 11.9. The number of hydrogen-bond donors (Lipinski definition) is 1. The van der Waals surface area contributed by atoms with Gasteiger partial charge in [-0.15, -0.1) is 23.5 Å². The predicted molar refractivity (Wildman–Crippen MR) is 104 cm³/mol. The van der Waals surface area contributed by atoms with Gasteiger partial charge in [0.25, 0.3) is 5.91 Å². The van der Waals surface area contributed by atoms with Crippen molar-refractivity contribution in [2.24, 2.45) is 0 Å². The molecule has 2 rings (SSSR count). The number of amides is 1. The van der Waals surface area contributed by atoms with Crippen molar-refractivity contribution in [1.29, 1.82) is 0 Å². The van der Waals surface area contributed by atoms with Gasteiger partial charge in [0.05, 0.1) is 12.1 Å². The number of hydrogen-bond acceptors (Lipinski definition) is 5. The third kappa shape index (κ3) is 6.84. The number of benzene rings is 2. The number of esters is 1. The minimum Gasteiger partial charge on any atom is -0.456 e. The van der Waals surface area contributed by atoms with E-state index in [1.807, 2.05) is 61.7 Å². The molecule has 0 atom stereocenters. The van der Waals surface area contributed by atoms with E-state index in [1.165, 1.54) is 5.56 Å². The molecule has 0 aliphatic heterocycles. The monoisotopic (exact) mass is 375 g/mol. The van der Waals surface area contributed by atoms with E-state index in [2.05, 4.69) is 5.32 Å². The van der Waals surface area contributed by atoms with Gasteiger partial charge in [0.2, 0.25) is 0 Å². The lowest BCUT2D eigenvalue weighted by atomic mass is 10.2. The zero-order chi connectivity index (χ0) is 18.1. The van der Waals surface area contributed by atoms with E-state index in [9.17, 15) is 9.59 Å². The Morgan fingerprint density at radius 1 is 1.08 bits per heavy atom. The average molecular weight is 376 g/mol. The fourth-order valence-electron chi connectivity index (χ4n) is 2.04. The molecule has 0 spiro atoms. The Kier molecular flexibility index (Phi) is 7.88. The van der Waals surface area contributed by atoms with Crippen molar-refractivity contribution in [3.63, 3.8) is 0 Å². The van der Waals surface area contributed by atoms with Crippen molar-refractivity contribution in [3.05, 3.63) is 54.1 Å². The SMILES string of the molecule is CSc1ccccc1NC(=O)COC(=O)CCSc1ccc(C)cc1. The van der Waals surface area contributed by atoms with Crippen LogP contribution in [0.3, 0.4) is 0 Å². The number of carbonyl (C=O) groups is 2. The molecule has 0 saturated carbocycles. The number of anilines is 1. The molecule has 0 aromatic heterocycles. The minimum absolute atomic E-state index is 0.267. The Bertz CT molecular complexity index is 717. The van der Waals surface area contributed by atoms with Crippen molar-refractivity contribution in [2.75, 3.05) is 23.9 Å². The van der Waals surface area contributed by atoms with E-state index >= 15 is 0 Å². The van der Waals surface area contributed by atoms with Crippen LogP contribution in [0.25, 0.3) is 0 Å². The third-order valence-electron chi connectivity index (χ3n) is 3.34. The summed E-state index contributed by atoms with van der Waals surface area (Å²) in [6, 6.07) is 15.6. The number of thioether (sulfide) groups is 2. The lowest BCUT2D eigenvalue weighted by molar-refractivity contribution is -0.146. The maximum absolute atomic E-state index is 11.9. The molecule has 0 aliphatic rings. The van der Waals surface area contributed by atoms with E-state index in [0.717, 1.165) is 15.5 Å². The van der Waals surface area contributed by atoms with Gasteiger partial charge in [0.15, 0.2) is 6.61 Å². The molecule has 1 amide bonds. The largest absolute Gasteiger partial charge is 0.456 e. The van der Waals surface area contributed by atoms with Gasteiger partial charge in [-0.3, -0.25) is 9.59 Å². The highest BCUT2D eigenvalue weighted by atomic mass is 32.2. The molecule has 0 radical (unpaired) electrons. The second-order valence-corrected chi connectivity index (χ2v) is 7.34.